The lowest BCUT2D eigenvalue weighted by Gasteiger charge is -1.88. The predicted octanol–water partition coefficient (Wildman–Crippen LogP) is 2.96. The molecule has 4 heteroatoms. The van der Waals surface area contributed by atoms with E-state index >= 15 is 0 Å². The molecule has 0 aliphatic rings. The van der Waals surface area contributed by atoms with Gasteiger partial charge in [-0.1, -0.05) is 0 Å². The molecule has 0 radical (unpaired) electrons. The number of oxazole rings is 1. The zero-order valence-corrected chi connectivity index (χ0v) is 7.70. The molecule has 0 amide bonds. The van der Waals surface area contributed by atoms with Crippen LogP contribution in [0.25, 0.3) is 22.5 Å². The van der Waals surface area contributed by atoms with E-state index in [-0.39, 0.29) is 5.82 Å². The summed E-state index contributed by atoms with van der Waals surface area (Å²) in [6.07, 6.45) is 3.07. The molecular weight excluding hydrogens is 195 g/mol. The van der Waals surface area contributed by atoms with Crippen LogP contribution in [-0.4, -0.2) is 9.97 Å². The van der Waals surface area contributed by atoms with Gasteiger partial charge in [-0.3, -0.25) is 0 Å². The van der Waals surface area contributed by atoms with Crippen LogP contribution in [0.5, 0.6) is 0 Å². The Morgan fingerprint density at radius 1 is 1.27 bits per heavy atom. The Bertz CT molecular complexity index is 598. The van der Waals surface area contributed by atoms with E-state index in [1.165, 1.54) is 18.4 Å². The number of rotatable bonds is 1. The van der Waals surface area contributed by atoms with E-state index in [0.29, 0.717) is 5.89 Å². The van der Waals surface area contributed by atoms with Gasteiger partial charge in [0, 0.05) is 10.9 Å². The molecule has 1 aromatic carbocycles. The molecule has 0 fully saturated rings. The summed E-state index contributed by atoms with van der Waals surface area (Å²) in [5, 5.41) is 0.935. The molecule has 0 unspecified atom stereocenters. The molecule has 0 aliphatic heterocycles. The molecule has 0 spiro atoms. The molecule has 0 aliphatic carbocycles. The van der Waals surface area contributed by atoms with Crippen molar-refractivity contribution in [3.63, 3.8) is 0 Å². The van der Waals surface area contributed by atoms with Gasteiger partial charge in [0.25, 0.3) is 0 Å². The third-order valence-electron chi connectivity index (χ3n) is 2.25. The van der Waals surface area contributed by atoms with Crippen molar-refractivity contribution in [3.05, 3.63) is 42.5 Å². The summed E-state index contributed by atoms with van der Waals surface area (Å²) in [6, 6.07) is 6.46. The van der Waals surface area contributed by atoms with E-state index in [4.69, 9.17) is 4.42 Å². The number of benzene rings is 1. The standard InChI is InChI=1S/C11H7FN2O/c12-8-2-1-7-5-10(14-9(7)6-8)11-13-3-4-15-11/h1-6,14H. The topological polar surface area (TPSA) is 41.8 Å². The molecule has 0 saturated carbocycles. The lowest BCUT2D eigenvalue weighted by Crippen LogP contribution is -1.75. The van der Waals surface area contributed by atoms with Crippen molar-refractivity contribution < 1.29 is 8.81 Å². The fourth-order valence-electron chi connectivity index (χ4n) is 1.57. The van der Waals surface area contributed by atoms with Crippen LogP contribution in [0.4, 0.5) is 4.39 Å². The monoisotopic (exact) mass is 202 g/mol. The number of aromatic nitrogens is 2. The van der Waals surface area contributed by atoms with Gasteiger partial charge in [-0.2, -0.15) is 0 Å². The van der Waals surface area contributed by atoms with Gasteiger partial charge in [-0.15, -0.1) is 0 Å². The number of fused-ring (bicyclic) bond motifs is 1. The van der Waals surface area contributed by atoms with Gasteiger partial charge in [0.15, 0.2) is 0 Å². The maximum absolute atomic E-state index is 12.9. The number of nitrogens with one attached hydrogen (secondary N) is 1. The first-order valence-electron chi connectivity index (χ1n) is 4.51. The molecule has 0 atom stereocenters. The highest BCUT2D eigenvalue weighted by molar-refractivity contribution is 5.84. The Labute approximate surface area is 84.6 Å². The van der Waals surface area contributed by atoms with Crippen molar-refractivity contribution in [2.24, 2.45) is 0 Å². The van der Waals surface area contributed by atoms with E-state index in [9.17, 15) is 4.39 Å². The maximum Gasteiger partial charge on any atom is 0.242 e. The van der Waals surface area contributed by atoms with Crippen molar-refractivity contribution in [3.8, 4) is 11.6 Å². The van der Waals surface area contributed by atoms with Crippen molar-refractivity contribution in [1.29, 1.82) is 0 Å². The first-order valence-corrected chi connectivity index (χ1v) is 4.51. The summed E-state index contributed by atoms with van der Waals surface area (Å²) in [5.74, 6) is 0.245. The summed E-state index contributed by atoms with van der Waals surface area (Å²) in [6.45, 7) is 0. The second-order valence-electron chi connectivity index (χ2n) is 3.25. The number of hydrogen-bond acceptors (Lipinski definition) is 2. The third kappa shape index (κ3) is 1.30. The van der Waals surface area contributed by atoms with Crippen LogP contribution in [-0.2, 0) is 0 Å². The van der Waals surface area contributed by atoms with Crippen molar-refractivity contribution in [2.45, 2.75) is 0 Å². The van der Waals surface area contributed by atoms with Crippen LogP contribution in [0.3, 0.4) is 0 Å². The Balaban J connectivity index is 2.22. The van der Waals surface area contributed by atoms with Gasteiger partial charge in [-0.25, -0.2) is 9.37 Å². The van der Waals surface area contributed by atoms with E-state index in [1.54, 1.807) is 12.3 Å². The van der Waals surface area contributed by atoms with E-state index < -0.39 is 0 Å². The Morgan fingerprint density at radius 3 is 3.00 bits per heavy atom. The van der Waals surface area contributed by atoms with Crippen molar-refractivity contribution >= 4 is 10.9 Å². The van der Waals surface area contributed by atoms with E-state index in [2.05, 4.69) is 9.97 Å². The summed E-state index contributed by atoms with van der Waals surface area (Å²) in [5.41, 5.74) is 1.49. The summed E-state index contributed by atoms with van der Waals surface area (Å²) in [7, 11) is 0. The normalized spacial score (nSPS) is 11.0. The molecule has 2 aromatic heterocycles. The molecule has 3 nitrogen and oxygen atoms in total. The third-order valence-corrected chi connectivity index (χ3v) is 2.25. The van der Waals surface area contributed by atoms with Crippen LogP contribution in [0.15, 0.2) is 41.1 Å². The molecule has 3 rings (SSSR count). The zero-order valence-electron chi connectivity index (χ0n) is 7.70. The summed E-state index contributed by atoms with van der Waals surface area (Å²) in [4.78, 5) is 7.06. The highest BCUT2D eigenvalue weighted by Crippen LogP contribution is 2.23. The highest BCUT2D eigenvalue weighted by atomic mass is 19.1. The molecule has 0 bridgehead atoms. The van der Waals surface area contributed by atoms with Crippen LogP contribution in [0.2, 0.25) is 0 Å². The number of hydrogen-bond donors (Lipinski definition) is 1. The van der Waals surface area contributed by atoms with Crippen LogP contribution >= 0.6 is 0 Å². The summed E-state index contributed by atoms with van der Waals surface area (Å²) < 4.78 is 18.1. The Hall–Kier alpha value is -2.10. The van der Waals surface area contributed by atoms with Crippen LogP contribution in [0, 0.1) is 5.82 Å². The smallest absolute Gasteiger partial charge is 0.242 e. The SMILES string of the molecule is Fc1ccc2cc(-c3ncco3)[nH]c2c1. The Kier molecular flexibility index (Phi) is 1.62. The number of halogens is 1. The lowest BCUT2D eigenvalue weighted by molar-refractivity contribution is 0.572. The van der Waals surface area contributed by atoms with Gasteiger partial charge in [-0.05, 0) is 24.3 Å². The number of aromatic amines is 1. The predicted molar refractivity (Wildman–Crippen MR) is 53.8 cm³/mol. The molecular formula is C11H7FN2O. The number of H-pyrrole nitrogens is 1. The molecule has 1 N–H and O–H groups in total. The molecule has 2 heterocycles. The van der Waals surface area contributed by atoms with E-state index in [0.717, 1.165) is 16.6 Å². The van der Waals surface area contributed by atoms with E-state index in [1.807, 2.05) is 6.07 Å². The van der Waals surface area contributed by atoms with Gasteiger partial charge >= 0.3 is 0 Å². The van der Waals surface area contributed by atoms with Crippen LogP contribution in [0.1, 0.15) is 0 Å². The fraction of sp³-hybridized carbons (Fsp3) is 0. The number of nitrogens with zero attached hydrogens (tertiary/aromatic N) is 1. The van der Waals surface area contributed by atoms with Crippen molar-refractivity contribution in [2.75, 3.05) is 0 Å². The second-order valence-corrected chi connectivity index (χ2v) is 3.25. The van der Waals surface area contributed by atoms with Gasteiger partial charge in [0.1, 0.15) is 17.8 Å². The Morgan fingerprint density at radius 2 is 2.20 bits per heavy atom. The fourth-order valence-corrected chi connectivity index (χ4v) is 1.57. The van der Waals surface area contributed by atoms with Crippen LogP contribution < -0.4 is 0 Å². The maximum atomic E-state index is 12.9. The highest BCUT2D eigenvalue weighted by Gasteiger charge is 2.06. The van der Waals surface area contributed by atoms with Crippen molar-refractivity contribution in [1.82, 2.24) is 9.97 Å². The minimum atomic E-state index is -0.261. The minimum Gasteiger partial charge on any atom is -0.443 e. The second kappa shape index (κ2) is 2.95. The largest absolute Gasteiger partial charge is 0.443 e. The first-order chi connectivity index (χ1) is 7.33. The quantitative estimate of drug-likeness (QED) is 0.659. The minimum absolute atomic E-state index is 0.261. The molecule has 3 aromatic rings. The average molecular weight is 202 g/mol. The lowest BCUT2D eigenvalue weighted by atomic mass is 10.2. The first kappa shape index (κ1) is 8.23. The van der Waals surface area contributed by atoms with Gasteiger partial charge in [0.05, 0.1) is 6.20 Å². The zero-order chi connectivity index (χ0) is 10.3. The average Bonchev–Trinajstić information content (AvgIpc) is 2.84. The molecule has 15 heavy (non-hydrogen) atoms. The molecule has 0 saturated heterocycles. The molecule has 74 valence electrons. The summed E-state index contributed by atoms with van der Waals surface area (Å²) >= 11 is 0. The van der Waals surface area contributed by atoms with Gasteiger partial charge < -0.3 is 9.40 Å². The van der Waals surface area contributed by atoms with Gasteiger partial charge in [0.2, 0.25) is 5.89 Å².